The van der Waals surface area contributed by atoms with E-state index in [2.05, 4.69) is 20.4 Å². The topological polar surface area (TPSA) is 93.0 Å². The highest BCUT2D eigenvalue weighted by Gasteiger charge is 2.51. The first-order valence-electron chi connectivity index (χ1n) is 7.51. The zero-order valence-corrected chi connectivity index (χ0v) is 12.7. The molecule has 2 aliphatic heterocycles. The largest absolute Gasteiger partial charge is 0.355 e. The molecule has 8 heteroatoms. The first-order chi connectivity index (χ1) is 11.1. The summed E-state index contributed by atoms with van der Waals surface area (Å²) in [4.78, 5) is 34.6. The van der Waals surface area contributed by atoms with Crippen LogP contribution in [0.25, 0.3) is 5.82 Å². The summed E-state index contributed by atoms with van der Waals surface area (Å²) in [5.41, 5.74) is -0.609. The average Bonchev–Trinajstić information content (AvgIpc) is 3.21. The molecule has 0 aromatic carbocycles. The second-order valence-corrected chi connectivity index (χ2v) is 6.09. The van der Waals surface area contributed by atoms with Gasteiger partial charge in [-0.3, -0.25) is 14.9 Å². The Balaban J connectivity index is 1.65. The number of imide groups is 1. The number of aromatic nitrogens is 4. The van der Waals surface area contributed by atoms with Crippen LogP contribution in [0, 0.1) is 12.3 Å². The molecule has 1 N–H and O–H groups in total. The third kappa shape index (κ3) is 2.26. The number of carbonyl (C=O) groups is 2. The number of anilines is 1. The Morgan fingerprint density at radius 2 is 2.09 bits per heavy atom. The summed E-state index contributed by atoms with van der Waals surface area (Å²) in [6.07, 6.45) is 4.43. The second-order valence-electron chi connectivity index (χ2n) is 6.09. The van der Waals surface area contributed by atoms with Crippen LogP contribution in [0.2, 0.25) is 0 Å². The molecular weight excluding hydrogens is 296 g/mol. The highest BCUT2D eigenvalue weighted by Crippen LogP contribution is 2.39. The van der Waals surface area contributed by atoms with Gasteiger partial charge in [-0.1, -0.05) is 0 Å². The number of nitrogens with zero attached hydrogens (tertiary/aromatic N) is 5. The molecule has 2 amide bonds. The molecule has 1 atom stereocenters. The minimum Gasteiger partial charge on any atom is -0.355 e. The third-order valence-corrected chi connectivity index (χ3v) is 4.46. The van der Waals surface area contributed by atoms with E-state index >= 15 is 0 Å². The van der Waals surface area contributed by atoms with Crippen molar-refractivity contribution in [1.29, 1.82) is 0 Å². The van der Waals surface area contributed by atoms with Gasteiger partial charge >= 0.3 is 0 Å². The maximum Gasteiger partial charge on any atom is 0.235 e. The summed E-state index contributed by atoms with van der Waals surface area (Å²) < 4.78 is 1.68. The minimum atomic E-state index is -0.609. The molecular formula is C15H16N6O2. The van der Waals surface area contributed by atoms with Crippen LogP contribution in [0.5, 0.6) is 0 Å². The lowest BCUT2D eigenvalue weighted by Crippen LogP contribution is -2.34. The second kappa shape index (κ2) is 4.87. The smallest absolute Gasteiger partial charge is 0.235 e. The van der Waals surface area contributed by atoms with E-state index in [1.54, 1.807) is 10.9 Å². The molecule has 23 heavy (non-hydrogen) atoms. The van der Waals surface area contributed by atoms with Crippen molar-refractivity contribution in [2.24, 2.45) is 5.41 Å². The molecule has 4 rings (SSSR count). The molecule has 0 bridgehead atoms. The summed E-state index contributed by atoms with van der Waals surface area (Å²) >= 11 is 0. The predicted octanol–water partition coefficient (Wildman–Crippen LogP) is 0.214. The maximum absolute atomic E-state index is 12.1. The van der Waals surface area contributed by atoms with Crippen molar-refractivity contribution >= 4 is 17.6 Å². The number of hydrogen-bond acceptors (Lipinski definition) is 6. The van der Waals surface area contributed by atoms with Crippen LogP contribution in [0.4, 0.5) is 5.82 Å². The molecule has 0 radical (unpaired) electrons. The lowest BCUT2D eigenvalue weighted by molar-refractivity contribution is -0.127. The Bertz CT molecular complexity index is 787. The molecule has 4 heterocycles. The van der Waals surface area contributed by atoms with Gasteiger partial charge in [-0.2, -0.15) is 5.10 Å². The fourth-order valence-electron chi connectivity index (χ4n) is 3.31. The van der Waals surface area contributed by atoms with Gasteiger partial charge in [0.2, 0.25) is 11.8 Å². The molecule has 2 aromatic rings. The van der Waals surface area contributed by atoms with Crippen molar-refractivity contribution in [3.63, 3.8) is 0 Å². The van der Waals surface area contributed by atoms with Crippen LogP contribution >= 0.6 is 0 Å². The Kier molecular flexibility index (Phi) is 2.93. The van der Waals surface area contributed by atoms with E-state index < -0.39 is 5.41 Å². The van der Waals surface area contributed by atoms with E-state index in [-0.39, 0.29) is 18.2 Å². The molecule has 1 unspecified atom stereocenters. The lowest BCUT2D eigenvalue weighted by Gasteiger charge is -2.21. The lowest BCUT2D eigenvalue weighted by atomic mass is 9.85. The van der Waals surface area contributed by atoms with E-state index in [0.29, 0.717) is 31.2 Å². The molecule has 1 spiro atoms. The summed E-state index contributed by atoms with van der Waals surface area (Å²) in [6, 6.07) is 3.68. The quantitative estimate of drug-likeness (QED) is 0.797. The standard InChI is InChI=1S/C15H16N6O2/c1-10-17-11(7-12(18-10)21-5-2-4-16-21)20-6-3-15(9-20)8-13(22)19-14(15)23/h2,4-5,7H,3,6,8-9H2,1H3,(H,19,22,23). The van der Waals surface area contributed by atoms with E-state index in [4.69, 9.17) is 0 Å². The monoisotopic (exact) mass is 312 g/mol. The summed E-state index contributed by atoms with van der Waals surface area (Å²) in [7, 11) is 0. The Hall–Kier alpha value is -2.77. The molecule has 2 saturated heterocycles. The molecule has 2 aliphatic rings. The summed E-state index contributed by atoms with van der Waals surface area (Å²) in [6.45, 7) is 3.02. The maximum atomic E-state index is 12.1. The molecule has 118 valence electrons. The SMILES string of the molecule is Cc1nc(N2CCC3(CC(=O)NC3=O)C2)cc(-n2cccn2)n1. The zero-order valence-electron chi connectivity index (χ0n) is 12.7. The van der Waals surface area contributed by atoms with Gasteiger partial charge < -0.3 is 4.90 Å². The van der Waals surface area contributed by atoms with Gasteiger partial charge in [0, 0.05) is 38.0 Å². The van der Waals surface area contributed by atoms with Gasteiger partial charge in [-0.05, 0) is 19.4 Å². The van der Waals surface area contributed by atoms with E-state index in [0.717, 1.165) is 5.82 Å². The Labute approximate surface area is 132 Å². The molecule has 0 aliphatic carbocycles. The first-order valence-corrected chi connectivity index (χ1v) is 7.51. The van der Waals surface area contributed by atoms with Gasteiger partial charge in [0.15, 0.2) is 5.82 Å². The molecule has 2 fully saturated rings. The van der Waals surface area contributed by atoms with Gasteiger partial charge in [-0.15, -0.1) is 0 Å². The van der Waals surface area contributed by atoms with Crippen LogP contribution in [0.15, 0.2) is 24.5 Å². The normalized spacial score (nSPS) is 23.8. The summed E-state index contributed by atoms with van der Waals surface area (Å²) in [5.74, 6) is 1.73. The Morgan fingerprint density at radius 3 is 2.78 bits per heavy atom. The Morgan fingerprint density at radius 1 is 1.26 bits per heavy atom. The van der Waals surface area contributed by atoms with Crippen LogP contribution in [-0.4, -0.2) is 44.7 Å². The number of hydrogen-bond donors (Lipinski definition) is 1. The van der Waals surface area contributed by atoms with Crippen LogP contribution in [-0.2, 0) is 9.59 Å². The van der Waals surface area contributed by atoms with Gasteiger partial charge in [0.1, 0.15) is 11.6 Å². The number of carbonyl (C=O) groups excluding carboxylic acids is 2. The number of aryl methyl sites for hydroxylation is 1. The fourth-order valence-corrected chi connectivity index (χ4v) is 3.31. The van der Waals surface area contributed by atoms with Gasteiger partial charge in [-0.25, -0.2) is 14.6 Å². The molecule has 8 nitrogen and oxygen atoms in total. The summed E-state index contributed by atoms with van der Waals surface area (Å²) in [5, 5.41) is 6.60. The third-order valence-electron chi connectivity index (χ3n) is 4.46. The fraction of sp³-hybridized carbons (Fsp3) is 0.400. The van der Waals surface area contributed by atoms with E-state index in [1.165, 1.54) is 0 Å². The first kappa shape index (κ1) is 13.9. The van der Waals surface area contributed by atoms with Crippen molar-refractivity contribution in [2.75, 3.05) is 18.0 Å². The molecule has 0 saturated carbocycles. The van der Waals surface area contributed by atoms with Gasteiger partial charge in [0.05, 0.1) is 5.41 Å². The van der Waals surface area contributed by atoms with Crippen molar-refractivity contribution in [3.05, 3.63) is 30.4 Å². The predicted molar refractivity (Wildman–Crippen MR) is 80.9 cm³/mol. The van der Waals surface area contributed by atoms with E-state index in [9.17, 15) is 9.59 Å². The van der Waals surface area contributed by atoms with Crippen LogP contribution < -0.4 is 10.2 Å². The highest BCUT2D eigenvalue weighted by atomic mass is 16.2. The minimum absolute atomic E-state index is 0.164. The number of amides is 2. The highest BCUT2D eigenvalue weighted by molar-refractivity contribution is 6.06. The van der Waals surface area contributed by atoms with Crippen LogP contribution in [0.1, 0.15) is 18.7 Å². The molecule has 2 aromatic heterocycles. The van der Waals surface area contributed by atoms with Crippen molar-refractivity contribution < 1.29 is 9.59 Å². The van der Waals surface area contributed by atoms with Crippen molar-refractivity contribution in [3.8, 4) is 5.82 Å². The number of nitrogens with one attached hydrogen (secondary N) is 1. The zero-order chi connectivity index (χ0) is 16.0. The van der Waals surface area contributed by atoms with Crippen molar-refractivity contribution in [2.45, 2.75) is 19.8 Å². The van der Waals surface area contributed by atoms with Crippen molar-refractivity contribution in [1.82, 2.24) is 25.1 Å². The van der Waals surface area contributed by atoms with E-state index in [1.807, 2.05) is 30.2 Å². The average molecular weight is 312 g/mol. The number of rotatable bonds is 2. The van der Waals surface area contributed by atoms with Gasteiger partial charge in [0.25, 0.3) is 0 Å². The van der Waals surface area contributed by atoms with Crippen LogP contribution in [0.3, 0.4) is 0 Å².